The SMILES string of the molecule is CSc1ccccc1NC(=O)c1cc2n(n1)[C@H](C(F)(F)F)C[C@@H](c1ccco1)N2. The summed E-state index contributed by atoms with van der Waals surface area (Å²) in [6.45, 7) is 0. The summed E-state index contributed by atoms with van der Waals surface area (Å²) in [5.41, 5.74) is 0.475. The first-order valence-corrected chi connectivity index (χ1v) is 10.00. The lowest BCUT2D eigenvalue weighted by Gasteiger charge is -2.32. The van der Waals surface area contributed by atoms with E-state index in [-0.39, 0.29) is 17.9 Å². The van der Waals surface area contributed by atoms with Gasteiger partial charge in [0.15, 0.2) is 11.7 Å². The van der Waals surface area contributed by atoms with E-state index in [2.05, 4.69) is 15.7 Å². The van der Waals surface area contributed by atoms with Crippen molar-refractivity contribution >= 4 is 29.2 Å². The molecule has 1 aromatic carbocycles. The highest BCUT2D eigenvalue weighted by Gasteiger charge is 2.47. The van der Waals surface area contributed by atoms with E-state index in [0.717, 1.165) is 9.58 Å². The number of anilines is 2. The molecule has 0 saturated heterocycles. The zero-order valence-corrected chi connectivity index (χ0v) is 16.1. The average molecular weight is 422 g/mol. The molecular formula is C19H17F3N4O2S. The molecule has 3 aromatic rings. The van der Waals surface area contributed by atoms with E-state index in [9.17, 15) is 18.0 Å². The number of benzene rings is 1. The summed E-state index contributed by atoms with van der Waals surface area (Å²) in [5.74, 6) is -0.0689. The number of alkyl halides is 3. The summed E-state index contributed by atoms with van der Waals surface area (Å²) in [5, 5.41) is 9.65. The predicted octanol–water partition coefficient (Wildman–Crippen LogP) is 5.11. The van der Waals surface area contributed by atoms with Gasteiger partial charge in [-0.05, 0) is 30.5 Å². The zero-order chi connectivity index (χ0) is 20.6. The fourth-order valence-corrected chi connectivity index (χ4v) is 3.85. The summed E-state index contributed by atoms with van der Waals surface area (Å²) < 4.78 is 47.1. The summed E-state index contributed by atoms with van der Waals surface area (Å²) >= 11 is 1.45. The molecule has 0 spiro atoms. The zero-order valence-electron chi connectivity index (χ0n) is 15.2. The highest BCUT2D eigenvalue weighted by atomic mass is 32.2. The lowest BCUT2D eigenvalue weighted by atomic mass is 10.0. The van der Waals surface area contributed by atoms with Crippen LogP contribution in [0.1, 0.15) is 34.8 Å². The van der Waals surface area contributed by atoms with Crippen LogP contribution in [-0.4, -0.2) is 28.1 Å². The van der Waals surface area contributed by atoms with Gasteiger partial charge in [0.05, 0.1) is 18.0 Å². The second kappa shape index (κ2) is 7.51. The van der Waals surface area contributed by atoms with E-state index in [0.29, 0.717) is 11.4 Å². The van der Waals surface area contributed by atoms with Crippen LogP contribution in [0.25, 0.3) is 0 Å². The van der Waals surface area contributed by atoms with Crippen LogP contribution in [0.4, 0.5) is 24.7 Å². The third-order valence-corrected chi connectivity index (χ3v) is 5.46. The minimum Gasteiger partial charge on any atom is -0.467 e. The Hall–Kier alpha value is -2.88. The molecule has 2 atom stereocenters. The molecule has 0 aliphatic carbocycles. The van der Waals surface area contributed by atoms with Gasteiger partial charge in [0.2, 0.25) is 0 Å². The van der Waals surface area contributed by atoms with Gasteiger partial charge < -0.3 is 15.1 Å². The van der Waals surface area contributed by atoms with Crippen LogP contribution in [0.2, 0.25) is 0 Å². The van der Waals surface area contributed by atoms with Crippen LogP contribution in [-0.2, 0) is 0 Å². The smallest absolute Gasteiger partial charge is 0.410 e. The Morgan fingerprint density at radius 2 is 2.10 bits per heavy atom. The Morgan fingerprint density at radius 1 is 1.31 bits per heavy atom. The van der Waals surface area contributed by atoms with Gasteiger partial charge in [-0.3, -0.25) is 4.79 Å². The van der Waals surface area contributed by atoms with Crippen molar-refractivity contribution in [3.63, 3.8) is 0 Å². The monoisotopic (exact) mass is 422 g/mol. The first kappa shape index (κ1) is 19.4. The summed E-state index contributed by atoms with van der Waals surface area (Å²) in [7, 11) is 0. The first-order chi connectivity index (χ1) is 13.9. The van der Waals surface area contributed by atoms with Crippen molar-refractivity contribution in [1.82, 2.24) is 9.78 Å². The number of nitrogens with zero attached hydrogens (tertiary/aromatic N) is 2. The third-order valence-electron chi connectivity index (χ3n) is 4.66. The lowest BCUT2D eigenvalue weighted by molar-refractivity contribution is -0.174. The Morgan fingerprint density at radius 3 is 2.79 bits per heavy atom. The van der Waals surface area contributed by atoms with E-state index in [1.165, 1.54) is 24.1 Å². The van der Waals surface area contributed by atoms with Crippen molar-refractivity contribution in [3.05, 3.63) is 60.2 Å². The quantitative estimate of drug-likeness (QED) is 0.572. The molecule has 2 N–H and O–H groups in total. The highest BCUT2D eigenvalue weighted by molar-refractivity contribution is 7.98. The number of carbonyl (C=O) groups excluding carboxylic acids is 1. The molecule has 152 valence electrons. The summed E-state index contributed by atoms with van der Waals surface area (Å²) in [4.78, 5) is 13.5. The number of hydrogen-bond acceptors (Lipinski definition) is 5. The molecular weight excluding hydrogens is 405 g/mol. The van der Waals surface area contributed by atoms with Gasteiger partial charge in [0.25, 0.3) is 5.91 Å². The molecule has 0 saturated carbocycles. The number of rotatable bonds is 4. The topological polar surface area (TPSA) is 72.1 Å². The Bertz CT molecular complexity index is 1020. The lowest BCUT2D eigenvalue weighted by Crippen LogP contribution is -2.35. The fraction of sp³-hybridized carbons (Fsp3) is 0.263. The number of halogens is 3. The van der Waals surface area contributed by atoms with Crippen molar-refractivity contribution in [2.45, 2.75) is 29.6 Å². The van der Waals surface area contributed by atoms with Crippen molar-refractivity contribution in [1.29, 1.82) is 0 Å². The maximum Gasteiger partial charge on any atom is 0.410 e. The fourth-order valence-electron chi connectivity index (χ4n) is 3.29. The number of furan rings is 1. The van der Waals surface area contributed by atoms with E-state index in [4.69, 9.17) is 4.42 Å². The molecule has 0 bridgehead atoms. The summed E-state index contributed by atoms with van der Waals surface area (Å²) in [6, 6.07) is 9.19. The Labute approximate surface area is 168 Å². The van der Waals surface area contributed by atoms with Crippen LogP contribution in [0.5, 0.6) is 0 Å². The van der Waals surface area contributed by atoms with Crippen LogP contribution >= 0.6 is 11.8 Å². The molecule has 6 nitrogen and oxygen atoms in total. The molecule has 0 fully saturated rings. The minimum atomic E-state index is -4.52. The van der Waals surface area contributed by atoms with E-state index in [1.54, 1.807) is 24.3 Å². The van der Waals surface area contributed by atoms with Gasteiger partial charge in [-0.25, -0.2) is 4.68 Å². The molecule has 10 heteroatoms. The maximum atomic E-state index is 13.7. The standard InChI is InChI=1S/C19H17F3N4O2S/c1-29-15-7-3-2-5-11(15)24-18(27)13-10-17-23-12(14-6-4-8-28-14)9-16(19(20,21)22)26(17)25-13/h2-8,10,12,16,23H,9H2,1H3,(H,24,27)/t12-,16-/m0/s1. The predicted molar refractivity (Wildman–Crippen MR) is 103 cm³/mol. The number of thioether (sulfide) groups is 1. The van der Waals surface area contributed by atoms with Crippen LogP contribution in [0.15, 0.2) is 58.0 Å². The summed E-state index contributed by atoms with van der Waals surface area (Å²) in [6.07, 6.45) is -1.53. The van der Waals surface area contributed by atoms with Gasteiger partial charge in [-0.2, -0.15) is 18.3 Å². The van der Waals surface area contributed by atoms with E-state index < -0.39 is 24.2 Å². The normalized spacial score (nSPS) is 18.8. The van der Waals surface area contributed by atoms with Crippen LogP contribution < -0.4 is 10.6 Å². The molecule has 29 heavy (non-hydrogen) atoms. The Kier molecular flexibility index (Phi) is 5.03. The van der Waals surface area contributed by atoms with Crippen molar-refractivity contribution < 1.29 is 22.4 Å². The molecule has 4 rings (SSSR count). The number of aromatic nitrogens is 2. The van der Waals surface area contributed by atoms with Gasteiger partial charge in [0.1, 0.15) is 11.6 Å². The van der Waals surface area contributed by atoms with Gasteiger partial charge in [0, 0.05) is 17.4 Å². The first-order valence-electron chi connectivity index (χ1n) is 8.77. The van der Waals surface area contributed by atoms with E-state index in [1.807, 2.05) is 18.4 Å². The number of carbonyl (C=O) groups is 1. The minimum absolute atomic E-state index is 0.0993. The van der Waals surface area contributed by atoms with Crippen molar-refractivity contribution in [2.24, 2.45) is 0 Å². The third kappa shape index (κ3) is 3.84. The van der Waals surface area contributed by atoms with Crippen LogP contribution in [0.3, 0.4) is 0 Å². The number of nitrogens with one attached hydrogen (secondary N) is 2. The van der Waals surface area contributed by atoms with E-state index >= 15 is 0 Å². The molecule has 1 amide bonds. The molecule has 2 aromatic heterocycles. The number of fused-ring (bicyclic) bond motifs is 1. The molecule has 3 heterocycles. The number of amides is 1. The average Bonchev–Trinajstić information content (AvgIpc) is 3.36. The molecule has 0 unspecified atom stereocenters. The van der Waals surface area contributed by atoms with Crippen LogP contribution in [0, 0.1) is 0 Å². The van der Waals surface area contributed by atoms with Gasteiger partial charge in [-0.15, -0.1) is 11.8 Å². The second-order valence-electron chi connectivity index (χ2n) is 6.52. The molecule has 1 aliphatic rings. The van der Waals surface area contributed by atoms with Gasteiger partial charge >= 0.3 is 6.18 Å². The largest absolute Gasteiger partial charge is 0.467 e. The molecule has 0 radical (unpaired) electrons. The highest BCUT2D eigenvalue weighted by Crippen LogP contribution is 2.43. The molecule has 1 aliphatic heterocycles. The number of hydrogen-bond donors (Lipinski definition) is 2. The Balaban J connectivity index is 1.64. The second-order valence-corrected chi connectivity index (χ2v) is 7.37. The number of para-hydroxylation sites is 1. The van der Waals surface area contributed by atoms with Gasteiger partial charge in [-0.1, -0.05) is 12.1 Å². The van der Waals surface area contributed by atoms with Crippen molar-refractivity contribution in [3.8, 4) is 0 Å². The van der Waals surface area contributed by atoms with Crippen molar-refractivity contribution in [2.75, 3.05) is 16.9 Å². The maximum absolute atomic E-state index is 13.7.